The van der Waals surface area contributed by atoms with Gasteiger partial charge in [-0.05, 0) is 31.8 Å². The number of cyclic esters (lactones) is 1. The van der Waals surface area contributed by atoms with Crippen molar-refractivity contribution in [3.8, 4) is 0 Å². The molecule has 0 amide bonds. The van der Waals surface area contributed by atoms with Gasteiger partial charge in [0.15, 0.2) is 0 Å². The molecule has 0 radical (unpaired) electrons. The molecule has 0 aromatic heterocycles. The number of benzene rings is 2. The summed E-state index contributed by atoms with van der Waals surface area (Å²) in [5.74, 6) is -0.794. The van der Waals surface area contributed by atoms with Crippen molar-refractivity contribution >= 4 is 5.97 Å². The second kappa shape index (κ2) is 6.13. The summed E-state index contributed by atoms with van der Waals surface area (Å²) in [6.07, 6.45) is 0.974. The molecule has 0 N–H and O–H groups in total. The van der Waals surface area contributed by atoms with Gasteiger partial charge in [-0.15, -0.1) is 0 Å². The lowest BCUT2D eigenvalue weighted by Crippen LogP contribution is -2.41. The molecule has 1 aliphatic rings. The summed E-state index contributed by atoms with van der Waals surface area (Å²) in [5, 5.41) is 0. The van der Waals surface area contributed by atoms with Crippen molar-refractivity contribution in [2.45, 2.75) is 18.4 Å². The van der Waals surface area contributed by atoms with Crippen molar-refractivity contribution in [1.82, 2.24) is 4.90 Å². The molecule has 2 aromatic rings. The molecule has 1 aliphatic heterocycles. The molecule has 23 heavy (non-hydrogen) atoms. The van der Waals surface area contributed by atoms with E-state index in [1.165, 1.54) is 6.07 Å². The fourth-order valence-electron chi connectivity index (χ4n) is 3.07. The third-order valence-electron chi connectivity index (χ3n) is 4.35. The van der Waals surface area contributed by atoms with E-state index in [4.69, 9.17) is 4.74 Å². The minimum Gasteiger partial charge on any atom is -0.450 e. The number of hydrogen-bond donors (Lipinski definition) is 0. The van der Waals surface area contributed by atoms with Gasteiger partial charge < -0.3 is 9.64 Å². The third-order valence-corrected chi connectivity index (χ3v) is 4.35. The van der Waals surface area contributed by atoms with Crippen LogP contribution in [0, 0.1) is 5.82 Å². The number of halogens is 1. The SMILES string of the molecule is CN(C)CCC1(c2ccccc2)Cc2c(F)cccc2C(=O)O1. The Kier molecular flexibility index (Phi) is 4.18. The van der Waals surface area contributed by atoms with E-state index in [2.05, 4.69) is 0 Å². The molecule has 0 saturated carbocycles. The van der Waals surface area contributed by atoms with Crippen molar-refractivity contribution in [2.24, 2.45) is 0 Å². The second-order valence-electron chi connectivity index (χ2n) is 6.25. The Morgan fingerprint density at radius 3 is 2.57 bits per heavy atom. The number of fused-ring (bicyclic) bond motifs is 1. The highest BCUT2D eigenvalue weighted by molar-refractivity contribution is 5.92. The molecule has 0 aliphatic carbocycles. The summed E-state index contributed by atoms with van der Waals surface area (Å²) < 4.78 is 20.1. The van der Waals surface area contributed by atoms with E-state index in [1.807, 2.05) is 49.3 Å². The lowest BCUT2D eigenvalue weighted by molar-refractivity contribution is -0.0361. The minimum atomic E-state index is -0.822. The van der Waals surface area contributed by atoms with Crippen molar-refractivity contribution < 1.29 is 13.9 Å². The Balaban J connectivity index is 2.07. The number of nitrogens with zero attached hydrogens (tertiary/aromatic N) is 1. The van der Waals surface area contributed by atoms with Gasteiger partial charge in [-0.3, -0.25) is 0 Å². The minimum absolute atomic E-state index is 0.335. The van der Waals surface area contributed by atoms with Crippen LogP contribution in [0.25, 0.3) is 0 Å². The molecule has 1 heterocycles. The highest BCUT2D eigenvalue weighted by atomic mass is 19.1. The van der Waals surface area contributed by atoms with Crippen LogP contribution in [-0.2, 0) is 16.8 Å². The summed E-state index contributed by atoms with van der Waals surface area (Å²) in [5.41, 5.74) is 0.870. The molecular weight excluding hydrogens is 293 g/mol. The Labute approximate surface area is 135 Å². The van der Waals surface area contributed by atoms with Crippen LogP contribution >= 0.6 is 0 Å². The average Bonchev–Trinajstić information content (AvgIpc) is 2.55. The third kappa shape index (κ3) is 2.99. The van der Waals surface area contributed by atoms with Gasteiger partial charge in [-0.1, -0.05) is 36.4 Å². The molecule has 0 fully saturated rings. The van der Waals surface area contributed by atoms with Crippen molar-refractivity contribution in [3.05, 3.63) is 71.0 Å². The lowest BCUT2D eigenvalue weighted by atomic mass is 9.80. The number of rotatable bonds is 4. The number of hydrogen-bond acceptors (Lipinski definition) is 3. The number of ether oxygens (including phenoxy) is 1. The number of esters is 1. The molecule has 3 rings (SSSR count). The molecule has 1 atom stereocenters. The van der Waals surface area contributed by atoms with Gasteiger partial charge in [0.25, 0.3) is 0 Å². The van der Waals surface area contributed by atoms with E-state index in [0.717, 1.165) is 12.1 Å². The zero-order chi connectivity index (χ0) is 16.4. The monoisotopic (exact) mass is 313 g/mol. The first-order chi connectivity index (χ1) is 11.0. The fourth-order valence-corrected chi connectivity index (χ4v) is 3.07. The maximum atomic E-state index is 14.3. The van der Waals surface area contributed by atoms with E-state index in [9.17, 15) is 9.18 Å². The van der Waals surface area contributed by atoms with E-state index in [-0.39, 0.29) is 5.82 Å². The molecule has 0 bridgehead atoms. The first-order valence-corrected chi connectivity index (χ1v) is 7.73. The highest BCUT2D eigenvalue weighted by Crippen LogP contribution is 2.40. The van der Waals surface area contributed by atoms with E-state index >= 15 is 0 Å². The van der Waals surface area contributed by atoms with Crippen molar-refractivity contribution in [2.75, 3.05) is 20.6 Å². The van der Waals surface area contributed by atoms with Crippen LogP contribution in [0.15, 0.2) is 48.5 Å². The normalized spacial score (nSPS) is 20.3. The van der Waals surface area contributed by atoms with Crippen LogP contribution in [0.5, 0.6) is 0 Å². The summed E-state index contributed by atoms with van der Waals surface area (Å²) in [4.78, 5) is 14.5. The predicted molar refractivity (Wildman–Crippen MR) is 86.8 cm³/mol. The van der Waals surface area contributed by atoms with Gasteiger partial charge >= 0.3 is 5.97 Å². The molecule has 1 unspecified atom stereocenters. The summed E-state index contributed by atoms with van der Waals surface area (Å²) in [6, 6.07) is 14.2. The van der Waals surface area contributed by atoms with Gasteiger partial charge in [-0.25, -0.2) is 9.18 Å². The quantitative estimate of drug-likeness (QED) is 0.810. The topological polar surface area (TPSA) is 29.5 Å². The Morgan fingerprint density at radius 1 is 1.13 bits per heavy atom. The smallest absolute Gasteiger partial charge is 0.339 e. The standard InChI is InChI=1S/C19H20FNO2/c1-21(2)12-11-19(14-7-4-3-5-8-14)13-16-15(18(22)23-19)9-6-10-17(16)20/h3-10H,11-13H2,1-2H3. The van der Waals surface area contributed by atoms with Crippen LogP contribution < -0.4 is 0 Å². The second-order valence-corrected chi connectivity index (χ2v) is 6.25. The zero-order valence-corrected chi connectivity index (χ0v) is 13.4. The summed E-state index contributed by atoms with van der Waals surface area (Å²) in [6.45, 7) is 0.742. The fraction of sp³-hybridized carbons (Fsp3) is 0.316. The average molecular weight is 313 g/mol. The number of carbonyl (C=O) groups excluding carboxylic acids is 1. The molecule has 2 aromatic carbocycles. The highest BCUT2D eigenvalue weighted by Gasteiger charge is 2.42. The van der Waals surface area contributed by atoms with Gasteiger partial charge in [0.05, 0.1) is 5.56 Å². The van der Waals surface area contributed by atoms with Gasteiger partial charge in [0.2, 0.25) is 0 Å². The van der Waals surface area contributed by atoms with Crippen LogP contribution in [0.2, 0.25) is 0 Å². The molecule has 4 heteroatoms. The van der Waals surface area contributed by atoms with E-state index in [0.29, 0.717) is 24.0 Å². The zero-order valence-electron chi connectivity index (χ0n) is 13.4. The van der Waals surface area contributed by atoms with E-state index < -0.39 is 11.6 Å². The molecule has 0 saturated heterocycles. The van der Waals surface area contributed by atoms with Gasteiger partial charge in [0.1, 0.15) is 11.4 Å². The van der Waals surface area contributed by atoms with Gasteiger partial charge in [0, 0.05) is 24.9 Å². The lowest BCUT2D eigenvalue weighted by Gasteiger charge is -2.39. The van der Waals surface area contributed by atoms with Crippen LogP contribution in [0.1, 0.15) is 27.9 Å². The van der Waals surface area contributed by atoms with Crippen LogP contribution in [-0.4, -0.2) is 31.5 Å². The first-order valence-electron chi connectivity index (χ1n) is 7.73. The van der Waals surface area contributed by atoms with E-state index in [1.54, 1.807) is 12.1 Å². The summed E-state index contributed by atoms with van der Waals surface area (Å²) >= 11 is 0. The molecule has 3 nitrogen and oxygen atoms in total. The maximum absolute atomic E-state index is 14.3. The first kappa shape index (κ1) is 15.7. The van der Waals surface area contributed by atoms with Crippen LogP contribution in [0.4, 0.5) is 4.39 Å². The van der Waals surface area contributed by atoms with Crippen molar-refractivity contribution in [3.63, 3.8) is 0 Å². The Bertz CT molecular complexity index is 715. The molecule has 120 valence electrons. The van der Waals surface area contributed by atoms with Crippen LogP contribution in [0.3, 0.4) is 0 Å². The maximum Gasteiger partial charge on any atom is 0.339 e. The molecule has 0 spiro atoms. The predicted octanol–water partition coefficient (Wildman–Crippen LogP) is 3.39. The largest absolute Gasteiger partial charge is 0.450 e. The summed E-state index contributed by atoms with van der Waals surface area (Å²) in [7, 11) is 3.94. The van der Waals surface area contributed by atoms with Crippen molar-refractivity contribution in [1.29, 1.82) is 0 Å². The van der Waals surface area contributed by atoms with Gasteiger partial charge in [-0.2, -0.15) is 0 Å². The Morgan fingerprint density at radius 2 is 1.87 bits per heavy atom. The number of carbonyl (C=O) groups is 1. The molecular formula is C19H20FNO2. The Hall–Kier alpha value is -2.20.